The number of rotatable bonds is 13. The first kappa shape index (κ1) is 62.9. The van der Waals surface area contributed by atoms with Gasteiger partial charge in [-0.3, -0.25) is 0 Å². The SMILES string of the molecule is [2H]c1c([2H])c([2H])c(-c2nc(-c3ccccc3)nc(-c3cccc(-c4cccc(-c5cc(-n6c7ccccc7c7ccccc76)cc6c5sc5c(-c7ccccc7)cccc56)c4)c3)n2)c([2H])c1[2H].[2H]c1c([2H])c([2H])c(-c2nc(-c3ccccc3)nc(-c3cccc4c3c3ccccc3n4-c3cc(-n4c5ccccc5c5ccccc54)cc4c3sc3c(-c5ccccc5)cccc34)n2)c([2H])c1[2H]. The lowest BCUT2D eigenvalue weighted by Gasteiger charge is -2.15. The van der Waals surface area contributed by atoms with Crippen molar-refractivity contribution in [2.24, 2.45) is 0 Å². The third-order valence-electron chi connectivity index (χ3n) is 23.6. The summed E-state index contributed by atoms with van der Waals surface area (Å²) in [6, 6.07) is 124. The van der Waals surface area contributed by atoms with Crippen LogP contribution in [0.25, 0.3) is 236 Å². The molecule has 18 aromatic carbocycles. The largest absolute Gasteiger partial charge is 0.309 e. The number of thiophene rings is 2. The minimum absolute atomic E-state index is 0.000780. The Hall–Kier alpha value is -16.2. The minimum Gasteiger partial charge on any atom is -0.309 e. The molecule has 7 aromatic heterocycles. The Kier molecular flexibility index (Phi) is 15.4. The Bertz CT molecular complexity index is 9060. The summed E-state index contributed by atoms with van der Waals surface area (Å²) in [7, 11) is 0. The Morgan fingerprint density at radius 3 is 1.00 bits per heavy atom. The second-order valence-electron chi connectivity index (χ2n) is 30.8. The number of para-hydroxylation sites is 5. The lowest BCUT2D eigenvalue weighted by molar-refractivity contribution is 1.07. The second kappa shape index (κ2) is 30.5. The highest BCUT2D eigenvalue weighted by Crippen LogP contribution is 2.50. The maximum atomic E-state index is 8.91. The molecular formula is C114H71N9S2. The van der Waals surface area contributed by atoms with E-state index >= 15 is 0 Å². The minimum atomic E-state index is -0.481. The van der Waals surface area contributed by atoms with Crippen LogP contribution in [0.4, 0.5) is 0 Å². The van der Waals surface area contributed by atoms with E-state index in [-0.39, 0.29) is 46.9 Å². The average molecular weight is 1640 g/mol. The third kappa shape index (κ3) is 12.7. The highest BCUT2D eigenvalue weighted by atomic mass is 32.1. The number of benzene rings is 18. The Morgan fingerprint density at radius 2 is 0.512 bits per heavy atom. The van der Waals surface area contributed by atoms with Crippen molar-refractivity contribution >= 4 is 128 Å². The number of nitrogens with zero attached hydrogens (tertiary/aromatic N) is 9. The lowest BCUT2D eigenvalue weighted by Crippen LogP contribution is -2.01. The number of aromatic nitrogens is 9. The maximum Gasteiger partial charge on any atom is 0.164 e. The summed E-state index contributed by atoms with van der Waals surface area (Å²) in [6.07, 6.45) is 0. The fraction of sp³-hybridized carbons (Fsp3) is 0. The van der Waals surface area contributed by atoms with Gasteiger partial charge in [-0.2, -0.15) is 0 Å². The summed E-state index contributed by atoms with van der Waals surface area (Å²) in [6.45, 7) is 0. The first-order valence-corrected chi connectivity index (χ1v) is 42.9. The van der Waals surface area contributed by atoms with Gasteiger partial charge in [0.2, 0.25) is 0 Å². The van der Waals surface area contributed by atoms with Crippen molar-refractivity contribution in [1.82, 2.24) is 43.6 Å². The summed E-state index contributed by atoms with van der Waals surface area (Å²) in [4.78, 5) is 29.3. The molecule has 0 radical (unpaired) electrons. The zero-order valence-corrected chi connectivity index (χ0v) is 68.2. The van der Waals surface area contributed by atoms with Crippen molar-refractivity contribution in [3.63, 3.8) is 0 Å². The zero-order chi connectivity index (χ0) is 91.1. The van der Waals surface area contributed by atoms with Crippen LogP contribution in [0.1, 0.15) is 13.7 Å². The van der Waals surface area contributed by atoms with Crippen molar-refractivity contribution in [2.45, 2.75) is 0 Å². The molecule has 584 valence electrons. The van der Waals surface area contributed by atoms with Gasteiger partial charge in [0, 0.05) is 118 Å². The molecule has 0 fully saturated rings. The van der Waals surface area contributed by atoms with E-state index in [4.69, 9.17) is 38.6 Å². The van der Waals surface area contributed by atoms with Gasteiger partial charge in [-0.25, -0.2) is 29.9 Å². The molecule has 0 atom stereocenters. The molecule has 0 saturated carbocycles. The van der Waals surface area contributed by atoms with Gasteiger partial charge in [0.1, 0.15) is 0 Å². The molecule has 25 aromatic rings. The van der Waals surface area contributed by atoms with Crippen LogP contribution >= 0.6 is 22.7 Å². The summed E-state index contributed by atoms with van der Waals surface area (Å²) in [5.74, 6) is 1.26. The second-order valence-corrected chi connectivity index (χ2v) is 32.9. The standard InChI is InChI=1S/C57H35N5S.C57H36N4S/c1-4-18-36(19-5-1)40-27-16-28-43-46-34-39(61-47-30-13-10-24-41(47)42-25-11-14-31-48(42)61)35-51(54(46)63-53(40)43)62-49-32-15-12-26-44(49)52-45(29-17-33-50(52)62)57-59-55(37-20-6-2-7-21-37)58-56(60-57)38-22-8-3-9-23-38;1-4-17-37(18-5-1)45-29-16-30-48-50-36-44(61-51-31-12-10-27-46(51)47-28-11-13-32-52(47)61)35-49(54(50)62-53(45)48)42-25-14-23-40(33-42)41-24-15-26-43(34-41)57-59-55(38-19-6-2-7-20-38)58-56(60-57)39-21-8-3-9-22-39/h1-35H;1-36H/i2D,6D,7D,20D,21D;2D,6D,7D,19D,20D. The maximum absolute atomic E-state index is 8.91. The highest BCUT2D eigenvalue weighted by molar-refractivity contribution is 7.27. The van der Waals surface area contributed by atoms with E-state index in [0.29, 0.717) is 45.6 Å². The normalized spacial score (nSPS) is 12.8. The molecule has 0 amide bonds. The molecule has 0 aliphatic rings. The van der Waals surface area contributed by atoms with Crippen molar-refractivity contribution < 1.29 is 13.7 Å². The quantitative estimate of drug-likeness (QED) is 0.114. The van der Waals surface area contributed by atoms with E-state index in [1.54, 1.807) is 11.3 Å². The summed E-state index contributed by atoms with van der Waals surface area (Å²) in [5.41, 5.74) is 21.0. The van der Waals surface area contributed by atoms with Crippen molar-refractivity contribution in [1.29, 1.82) is 0 Å². The zero-order valence-electron chi connectivity index (χ0n) is 76.6. The van der Waals surface area contributed by atoms with Gasteiger partial charge in [-0.05, 0) is 112 Å². The molecule has 0 aliphatic heterocycles. The Labute approximate surface area is 741 Å². The highest BCUT2D eigenvalue weighted by Gasteiger charge is 2.27. The molecular weight excluding hydrogens is 1560 g/mol. The van der Waals surface area contributed by atoms with Crippen LogP contribution in [0.15, 0.2) is 430 Å². The molecule has 7 heterocycles. The van der Waals surface area contributed by atoms with E-state index in [2.05, 4.69) is 292 Å². The summed E-state index contributed by atoms with van der Waals surface area (Å²) in [5, 5.41) is 11.4. The van der Waals surface area contributed by atoms with Crippen LogP contribution in [0, 0.1) is 0 Å². The van der Waals surface area contributed by atoms with Crippen LogP contribution < -0.4 is 0 Å². The first-order chi connectivity index (χ1) is 66.1. The van der Waals surface area contributed by atoms with Gasteiger partial charge in [-0.15, -0.1) is 22.7 Å². The molecule has 125 heavy (non-hydrogen) atoms. The van der Waals surface area contributed by atoms with Gasteiger partial charge < -0.3 is 13.7 Å². The van der Waals surface area contributed by atoms with Crippen LogP contribution in [0.5, 0.6) is 0 Å². The molecule has 9 nitrogen and oxygen atoms in total. The van der Waals surface area contributed by atoms with Gasteiger partial charge in [0.25, 0.3) is 0 Å². The van der Waals surface area contributed by atoms with Gasteiger partial charge in [0.05, 0.1) is 57.2 Å². The van der Waals surface area contributed by atoms with Crippen LogP contribution in [0.3, 0.4) is 0 Å². The van der Waals surface area contributed by atoms with Gasteiger partial charge in [0.15, 0.2) is 34.9 Å². The Morgan fingerprint density at radius 1 is 0.192 bits per heavy atom. The van der Waals surface area contributed by atoms with Crippen molar-refractivity contribution in [3.05, 3.63) is 430 Å². The lowest BCUT2D eigenvalue weighted by atomic mass is 9.96. The van der Waals surface area contributed by atoms with Crippen molar-refractivity contribution in [3.8, 4) is 130 Å². The fourth-order valence-corrected chi connectivity index (χ4v) is 20.7. The van der Waals surface area contributed by atoms with Crippen LogP contribution in [0.2, 0.25) is 0 Å². The van der Waals surface area contributed by atoms with E-state index < -0.39 is 36.3 Å². The molecule has 0 unspecified atom stereocenters. The average Bonchev–Trinajstić information content (AvgIpc) is 1.58. The molecule has 0 saturated heterocycles. The summed E-state index contributed by atoms with van der Waals surface area (Å²) < 4.78 is 97.5. The van der Waals surface area contributed by atoms with E-state index in [1.807, 2.05) is 108 Å². The number of hydrogen-bond donors (Lipinski definition) is 0. The molecule has 0 spiro atoms. The number of hydrogen-bond acceptors (Lipinski definition) is 8. The molecule has 25 rings (SSSR count). The Balaban J connectivity index is 0.000000148. The smallest absolute Gasteiger partial charge is 0.164 e. The predicted molar refractivity (Wildman–Crippen MR) is 523 cm³/mol. The van der Waals surface area contributed by atoms with Gasteiger partial charge >= 0.3 is 0 Å². The molecule has 0 N–H and O–H groups in total. The third-order valence-corrected chi connectivity index (χ3v) is 26.1. The van der Waals surface area contributed by atoms with Gasteiger partial charge in [-0.1, -0.05) is 358 Å². The topological polar surface area (TPSA) is 92.1 Å². The fourth-order valence-electron chi connectivity index (χ4n) is 18.0. The summed E-state index contributed by atoms with van der Waals surface area (Å²) >= 11 is 3.63. The van der Waals surface area contributed by atoms with Crippen LogP contribution in [-0.4, -0.2) is 43.6 Å². The number of fused-ring (bicyclic) bond motifs is 15. The van der Waals surface area contributed by atoms with E-state index in [0.717, 1.165) is 98.8 Å². The molecule has 11 heteroatoms. The van der Waals surface area contributed by atoms with E-state index in [9.17, 15) is 0 Å². The monoisotopic (exact) mass is 1640 g/mol. The van der Waals surface area contributed by atoms with Crippen molar-refractivity contribution in [2.75, 3.05) is 0 Å². The molecule has 0 aliphatic carbocycles. The van der Waals surface area contributed by atoms with Crippen LogP contribution in [-0.2, 0) is 0 Å². The molecule has 0 bridgehead atoms. The predicted octanol–water partition coefficient (Wildman–Crippen LogP) is 30.4. The first-order valence-electron chi connectivity index (χ1n) is 46.2. The van der Waals surface area contributed by atoms with E-state index in [1.165, 1.54) is 68.5 Å².